The van der Waals surface area contributed by atoms with Crippen molar-refractivity contribution in [3.8, 4) is 10.6 Å². The molecule has 3 rings (SSSR count). The lowest BCUT2D eigenvalue weighted by Gasteiger charge is -2.11. The molecule has 23 heavy (non-hydrogen) atoms. The van der Waals surface area contributed by atoms with Crippen LogP contribution in [0.3, 0.4) is 0 Å². The van der Waals surface area contributed by atoms with Crippen LogP contribution in [0, 0.1) is 0 Å². The fourth-order valence-corrected chi connectivity index (χ4v) is 3.35. The third kappa shape index (κ3) is 3.03. The van der Waals surface area contributed by atoms with E-state index >= 15 is 0 Å². The summed E-state index contributed by atoms with van der Waals surface area (Å²) in [4.78, 5) is 30.6. The van der Waals surface area contributed by atoms with Gasteiger partial charge in [-0.2, -0.15) is 0 Å². The van der Waals surface area contributed by atoms with Crippen LogP contribution in [0.4, 0.5) is 5.13 Å². The SMILES string of the molecule is COC(=O)c1cnc(N(C)C(=O)c2ccc(-c3cccs3)o2)s1. The number of nitrogens with zero attached hydrogens (tertiary/aromatic N) is 2. The second-order valence-corrected chi connectivity index (χ2v) is 6.46. The molecule has 0 saturated heterocycles. The van der Waals surface area contributed by atoms with Gasteiger partial charge in [-0.05, 0) is 23.6 Å². The number of amides is 1. The average Bonchev–Trinajstić information content (AvgIpc) is 3.32. The van der Waals surface area contributed by atoms with Crippen molar-refractivity contribution in [1.82, 2.24) is 4.98 Å². The van der Waals surface area contributed by atoms with Crippen LogP contribution in [0.2, 0.25) is 0 Å². The molecular formula is C15H12N2O4S2. The van der Waals surface area contributed by atoms with Crippen LogP contribution in [0.5, 0.6) is 0 Å². The monoisotopic (exact) mass is 348 g/mol. The number of esters is 1. The molecule has 0 atom stereocenters. The number of rotatable bonds is 4. The second-order valence-electron chi connectivity index (χ2n) is 4.50. The van der Waals surface area contributed by atoms with Crippen LogP contribution in [0.1, 0.15) is 20.2 Å². The van der Waals surface area contributed by atoms with Crippen molar-refractivity contribution in [3.05, 3.63) is 46.5 Å². The van der Waals surface area contributed by atoms with E-state index in [2.05, 4.69) is 9.72 Å². The minimum atomic E-state index is -0.479. The Morgan fingerprint density at radius 1 is 1.30 bits per heavy atom. The van der Waals surface area contributed by atoms with Crippen molar-refractivity contribution in [2.75, 3.05) is 19.1 Å². The third-order valence-corrected chi connectivity index (χ3v) is 4.99. The van der Waals surface area contributed by atoms with Gasteiger partial charge in [-0.1, -0.05) is 17.4 Å². The highest BCUT2D eigenvalue weighted by atomic mass is 32.1. The third-order valence-electron chi connectivity index (χ3n) is 3.05. The summed E-state index contributed by atoms with van der Waals surface area (Å²) in [5.41, 5.74) is 0. The topological polar surface area (TPSA) is 72.6 Å². The second kappa shape index (κ2) is 6.35. The summed E-state index contributed by atoms with van der Waals surface area (Å²) in [5, 5.41) is 2.33. The Morgan fingerprint density at radius 3 is 2.83 bits per heavy atom. The molecular weight excluding hydrogens is 336 g/mol. The normalized spacial score (nSPS) is 10.5. The number of ether oxygens (including phenoxy) is 1. The Bertz CT molecular complexity index is 835. The molecule has 0 N–H and O–H groups in total. The molecule has 0 unspecified atom stereocenters. The van der Waals surface area contributed by atoms with Crippen molar-refractivity contribution in [2.24, 2.45) is 0 Å². The van der Waals surface area contributed by atoms with E-state index in [1.165, 1.54) is 29.5 Å². The standard InChI is InChI=1S/C15H12N2O4S2/c1-17(15-16-8-12(23-15)14(19)20-2)13(18)10-6-5-9(21-10)11-4-3-7-22-11/h3-8H,1-2H3. The predicted octanol–water partition coefficient (Wildman–Crippen LogP) is 3.53. The summed E-state index contributed by atoms with van der Waals surface area (Å²) in [6.07, 6.45) is 1.38. The summed E-state index contributed by atoms with van der Waals surface area (Å²) in [5.74, 6) is 0.0445. The maximum Gasteiger partial charge on any atom is 0.349 e. The maximum atomic E-state index is 12.5. The Labute approximate surface area is 139 Å². The highest BCUT2D eigenvalue weighted by molar-refractivity contribution is 7.17. The van der Waals surface area contributed by atoms with Gasteiger partial charge in [0.05, 0.1) is 18.2 Å². The van der Waals surface area contributed by atoms with Gasteiger partial charge in [0.1, 0.15) is 10.6 Å². The molecule has 3 aromatic heterocycles. The number of carbonyl (C=O) groups excluding carboxylic acids is 2. The first-order chi connectivity index (χ1) is 11.1. The van der Waals surface area contributed by atoms with Crippen molar-refractivity contribution < 1.29 is 18.7 Å². The summed E-state index contributed by atoms with van der Waals surface area (Å²) in [6.45, 7) is 0. The molecule has 0 fully saturated rings. The van der Waals surface area contributed by atoms with Crippen LogP contribution in [-0.2, 0) is 4.74 Å². The predicted molar refractivity (Wildman–Crippen MR) is 88.2 cm³/mol. The molecule has 1 amide bonds. The van der Waals surface area contributed by atoms with E-state index in [1.807, 2.05) is 17.5 Å². The van der Waals surface area contributed by atoms with Crippen molar-refractivity contribution in [1.29, 1.82) is 0 Å². The largest absolute Gasteiger partial charge is 0.465 e. The van der Waals surface area contributed by atoms with Gasteiger partial charge < -0.3 is 9.15 Å². The number of carbonyl (C=O) groups is 2. The van der Waals surface area contributed by atoms with Crippen molar-refractivity contribution >= 4 is 39.7 Å². The summed E-state index contributed by atoms with van der Waals surface area (Å²) in [6, 6.07) is 7.22. The van der Waals surface area contributed by atoms with Crippen molar-refractivity contribution in [2.45, 2.75) is 0 Å². The molecule has 0 aliphatic heterocycles. The molecule has 3 heterocycles. The molecule has 0 spiro atoms. The zero-order valence-electron chi connectivity index (χ0n) is 12.3. The Morgan fingerprint density at radius 2 is 2.13 bits per heavy atom. The Kier molecular flexibility index (Phi) is 4.26. The number of thiazole rings is 1. The van der Waals surface area contributed by atoms with Crippen LogP contribution in [0.15, 0.2) is 40.3 Å². The number of thiophene rings is 1. The number of hydrogen-bond donors (Lipinski definition) is 0. The summed E-state index contributed by atoms with van der Waals surface area (Å²) in [7, 11) is 2.88. The van der Waals surface area contributed by atoms with E-state index in [9.17, 15) is 9.59 Å². The van der Waals surface area contributed by atoms with Gasteiger partial charge in [0.15, 0.2) is 10.9 Å². The van der Waals surface area contributed by atoms with E-state index in [0.29, 0.717) is 15.8 Å². The lowest BCUT2D eigenvalue weighted by molar-refractivity contribution is 0.0606. The first-order valence-electron chi connectivity index (χ1n) is 6.56. The summed E-state index contributed by atoms with van der Waals surface area (Å²) >= 11 is 2.62. The molecule has 6 nitrogen and oxygen atoms in total. The number of anilines is 1. The number of hydrogen-bond acceptors (Lipinski definition) is 7. The quantitative estimate of drug-likeness (QED) is 0.675. The number of methoxy groups -OCH3 is 1. The van der Waals surface area contributed by atoms with E-state index in [-0.39, 0.29) is 11.7 Å². The van der Waals surface area contributed by atoms with Gasteiger partial charge in [0.2, 0.25) is 0 Å². The van der Waals surface area contributed by atoms with Crippen LogP contribution in [0.25, 0.3) is 10.6 Å². The average molecular weight is 348 g/mol. The first kappa shape index (κ1) is 15.4. The molecule has 0 aromatic carbocycles. The Hall–Kier alpha value is -2.45. The fourth-order valence-electron chi connectivity index (χ4n) is 1.87. The van der Waals surface area contributed by atoms with Gasteiger partial charge in [-0.15, -0.1) is 11.3 Å². The van der Waals surface area contributed by atoms with Crippen molar-refractivity contribution in [3.63, 3.8) is 0 Å². The molecule has 0 saturated carbocycles. The van der Waals surface area contributed by atoms with E-state index < -0.39 is 5.97 Å². The highest BCUT2D eigenvalue weighted by Gasteiger charge is 2.22. The fraction of sp³-hybridized carbons (Fsp3) is 0.133. The molecule has 3 aromatic rings. The van der Waals surface area contributed by atoms with Gasteiger partial charge in [-0.3, -0.25) is 9.69 Å². The van der Waals surface area contributed by atoms with Crippen LogP contribution in [-0.4, -0.2) is 31.0 Å². The zero-order valence-corrected chi connectivity index (χ0v) is 13.9. The highest BCUT2D eigenvalue weighted by Crippen LogP contribution is 2.28. The Balaban J connectivity index is 1.80. The molecule has 0 radical (unpaired) electrons. The minimum Gasteiger partial charge on any atom is -0.465 e. The van der Waals surface area contributed by atoms with Crippen LogP contribution < -0.4 is 4.90 Å². The number of aromatic nitrogens is 1. The molecule has 0 aliphatic rings. The van der Waals surface area contributed by atoms with E-state index in [4.69, 9.17) is 4.42 Å². The summed E-state index contributed by atoms with van der Waals surface area (Å²) < 4.78 is 10.2. The van der Waals surface area contributed by atoms with E-state index in [1.54, 1.807) is 19.2 Å². The molecule has 118 valence electrons. The van der Waals surface area contributed by atoms with Gasteiger partial charge in [-0.25, -0.2) is 9.78 Å². The molecule has 0 bridgehead atoms. The molecule has 0 aliphatic carbocycles. The minimum absolute atomic E-state index is 0.214. The van der Waals surface area contributed by atoms with Crippen LogP contribution >= 0.6 is 22.7 Å². The van der Waals surface area contributed by atoms with Gasteiger partial charge >= 0.3 is 5.97 Å². The number of furan rings is 1. The first-order valence-corrected chi connectivity index (χ1v) is 8.25. The molecule has 8 heteroatoms. The smallest absolute Gasteiger partial charge is 0.349 e. The zero-order chi connectivity index (χ0) is 16.4. The van der Waals surface area contributed by atoms with Gasteiger partial charge in [0, 0.05) is 7.05 Å². The van der Waals surface area contributed by atoms with E-state index in [0.717, 1.165) is 16.2 Å². The maximum absolute atomic E-state index is 12.5. The lowest BCUT2D eigenvalue weighted by Crippen LogP contribution is -2.25. The van der Waals surface area contributed by atoms with Gasteiger partial charge in [0.25, 0.3) is 5.91 Å². The lowest BCUT2D eigenvalue weighted by atomic mass is 10.3.